The summed E-state index contributed by atoms with van der Waals surface area (Å²) in [6, 6.07) is 2.22. The van der Waals surface area contributed by atoms with Crippen LogP contribution >= 0.6 is 0 Å². The molecule has 2 fully saturated rings. The van der Waals surface area contributed by atoms with Crippen LogP contribution in [0.3, 0.4) is 0 Å². The third-order valence-electron chi connectivity index (χ3n) is 4.84. The van der Waals surface area contributed by atoms with Crippen LogP contribution in [-0.4, -0.2) is 10.9 Å². The van der Waals surface area contributed by atoms with Crippen LogP contribution in [0.4, 0.5) is 0 Å². The Kier molecular flexibility index (Phi) is 2.08. The Bertz CT molecular complexity index is 519. The van der Waals surface area contributed by atoms with E-state index in [0.29, 0.717) is 17.9 Å². The summed E-state index contributed by atoms with van der Waals surface area (Å²) < 4.78 is 0. The molecule has 94 valence electrons. The number of aromatic nitrogens is 1. The van der Waals surface area contributed by atoms with E-state index in [1.54, 1.807) is 0 Å². The van der Waals surface area contributed by atoms with Gasteiger partial charge in [-0.25, -0.2) is 0 Å². The van der Waals surface area contributed by atoms with Gasteiger partial charge >= 0.3 is 0 Å². The van der Waals surface area contributed by atoms with E-state index in [9.17, 15) is 4.79 Å². The summed E-state index contributed by atoms with van der Waals surface area (Å²) in [7, 11) is 0. The van der Waals surface area contributed by atoms with Gasteiger partial charge in [0.15, 0.2) is 0 Å². The standard InChI is InChI=1S/C15H18N2O/c18-14(12-7-15(12)4-5-15)17-9-10-6-11-2-1-3-13(11)16-8-10/h6,8,12H,1-5,7,9H2,(H,17,18). The van der Waals surface area contributed by atoms with Gasteiger partial charge in [-0.05, 0) is 55.1 Å². The summed E-state index contributed by atoms with van der Waals surface area (Å²) >= 11 is 0. The van der Waals surface area contributed by atoms with Crippen LogP contribution in [0, 0.1) is 11.3 Å². The normalized spacial score (nSPS) is 25.9. The Morgan fingerprint density at radius 1 is 1.44 bits per heavy atom. The third kappa shape index (κ3) is 1.64. The van der Waals surface area contributed by atoms with Crippen LogP contribution in [-0.2, 0) is 24.2 Å². The lowest BCUT2D eigenvalue weighted by Crippen LogP contribution is -2.25. The zero-order chi connectivity index (χ0) is 12.2. The van der Waals surface area contributed by atoms with Crippen molar-refractivity contribution in [2.45, 2.75) is 45.1 Å². The highest BCUT2D eigenvalue weighted by molar-refractivity contribution is 5.83. The molecule has 1 atom stereocenters. The topological polar surface area (TPSA) is 42.0 Å². The van der Waals surface area contributed by atoms with Gasteiger partial charge in [0.05, 0.1) is 0 Å². The molecule has 18 heavy (non-hydrogen) atoms. The molecule has 1 amide bonds. The fraction of sp³-hybridized carbons (Fsp3) is 0.600. The molecule has 1 unspecified atom stereocenters. The van der Waals surface area contributed by atoms with E-state index in [-0.39, 0.29) is 5.91 Å². The summed E-state index contributed by atoms with van der Waals surface area (Å²) in [6.45, 7) is 0.645. The smallest absolute Gasteiger partial charge is 0.223 e. The Hall–Kier alpha value is -1.38. The number of aryl methyl sites for hydroxylation is 2. The molecule has 1 N–H and O–H groups in total. The van der Waals surface area contributed by atoms with Gasteiger partial charge in [0, 0.05) is 24.4 Å². The molecule has 0 aliphatic heterocycles. The van der Waals surface area contributed by atoms with E-state index >= 15 is 0 Å². The highest BCUT2D eigenvalue weighted by atomic mass is 16.2. The second kappa shape index (κ2) is 3.56. The number of hydrogen-bond acceptors (Lipinski definition) is 2. The lowest BCUT2D eigenvalue weighted by Gasteiger charge is -2.06. The van der Waals surface area contributed by atoms with Gasteiger partial charge < -0.3 is 5.32 Å². The van der Waals surface area contributed by atoms with Gasteiger partial charge in [0.1, 0.15) is 0 Å². The quantitative estimate of drug-likeness (QED) is 0.880. The maximum absolute atomic E-state index is 11.9. The molecule has 3 aliphatic rings. The van der Waals surface area contributed by atoms with Crippen molar-refractivity contribution in [2.75, 3.05) is 0 Å². The molecule has 3 heteroatoms. The summed E-state index contributed by atoms with van der Waals surface area (Å²) in [5, 5.41) is 3.07. The van der Waals surface area contributed by atoms with E-state index in [1.807, 2.05) is 6.20 Å². The Morgan fingerprint density at radius 2 is 2.33 bits per heavy atom. The van der Waals surface area contributed by atoms with Gasteiger partial charge in [-0.1, -0.05) is 6.07 Å². The minimum Gasteiger partial charge on any atom is -0.352 e. The van der Waals surface area contributed by atoms with Gasteiger partial charge in [0.2, 0.25) is 5.91 Å². The average Bonchev–Trinajstić information content (AvgIpc) is 3.27. The first-order valence-corrected chi connectivity index (χ1v) is 7.01. The van der Waals surface area contributed by atoms with Gasteiger partial charge in [0.25, 0.3) is 0 Å². The van der Waals surface area contributed by atoms with Crippen molar-refractivity contribution in [2.24, 2.45) is 11.3 Å². The summed E-state index contributed by atoms with van der Waals surface area (Å²) in [5.41, 5.74) is 4.24. The lowest BCUT2D eigenvalue weighted by molar-refractivity contribution is -0.122. The number of rotatable bonds is 3. The molecule has 0 saturated heterocycles. The SMILES string of the molecule is O=C(NCc1cnc2c(c1)CCC2)C1CC12CC2. The average molecular weight is 242 g/mol. The van der Waals surface area contributed by atoms with Crippen molar-refractivity contribution in [3.63, 3.8) is 0 Å². The first-order valence-electron chi connectivity index (χ1n) is 7.01. The van der Waals surface area contributed by atoms with Crippen LogP contribution in [0.1, 0.15) is 42.5 Å². The van der Waals surface area contributed by atoms with Gasteiger partial charge in [-0.2, -0.15) is 0 Å². The van der Waals surface area contributed by atoms with Crippen molar-refractivity contribution in [1.82, 2.24) is 10.3 Å². The maximum Gasteiger partial charge on any atom is 0.223 e. The summed E-state index contributed by atoms with van der Waals surface area (Å²) in [5.74, 6) is 0.577. The van der Waals surface area contributed by atoms with E-state index in [4.69, 9.17) is 0 Å². The number of amides is 1. The van der Waals surface area contributed by atoms with Crippen molar-refractivity contribution >= 4 is 5.91 Å². The number of pyridine rings is 1. The van der Waals surface area contributed by atoms with Crippen molar-refractivity contribution < 1.29 is 4.79 Å². The second-order valence-corrected chi connectivity index (χ2v) is 6.14. The lowest BCUT2D eigenvalue weighted by atomic mass is 10.1. The predicted molar refractivity (Wildman–Crippen MR) is 67.9 cm³/mol. The zero-order valence-corrected chi connectivity index (χ0v) is 10.5. The maximum atomic E-state index is 11.9. The van der Waals surface area contributed by atoms with Crippen molar-refractivity contribution in [3.05, 3.63) is 29.1 Å². The first kappa shape index (κ1) is 10.5. The highest BCUT2D eigenvalue weighted by Crippen LogP contribution is 2.70. The van der Waals surface area contributed by atoms with Crippen molar-refractivity contribution in [1.29, 1.82) is 0 Å². The van der Waals surface area contributed by atoms with E-state index < -0.39 is 0 Å². The molecular weight excluding hydrogens is 224 g/mol. The van der Waals surface area contributed by atoms with Gasteiger partial charge in [-0.3, -0.25) is 9.78 Å². The fourth-order valence-corrected chi connectivity index (χ4v) is 3.32. The van der Waals surface area contributed by atoms with Crippen LogP contribution < -0.4 is 5.32 Å². The number of carbonyl (C=O) groups excluding carboxylic acids is 1. The summed E-state index contributed by atoms with van der Waals surface area (Å²) in [6.07, 6.45) is 9.08. The number of nitrogens with zero attached hydrogens (tertiary/aromatic N) is 1. The second-order valence-electron chi connectivity index (χ2n) is 6.14. The fourth-order valence-electron chi connectivity index (χ4n) is 3.32. The molecule has 2 saturated carbocycles. The zero-order valence-electron chi connectivity index (χ0n) is 10.5. The molecular formula is C15H18N2O. The monoisotopic (exact) mass is 242 g/mol. The molecule has 3 aliphatic carbocycles. The molecule has 1 aromatic heterocycles. The van der Waals surface area contributed by atoms with E-state index in [0.717, 1.165) is 24.8 Å². The number of nitrogens with one attached hydrogen (secondary N) is 1. The summed E-state index contributed by atoms with van der Waals surface area (Å²) in [4.78, 5) is 16.4. The number of carbonyl (C=O) groups is 1. The highest BCUT2D eigenvalue weighted by Gasteiger charge is 2.65. The van der Waals surface area contributed by atoms with Crippen LogP contribution in [0.25, 0.3) is 0 Å². The van der Waals surface area contributed by atoms with Crippen molar-refractivity contribution in [3.8, 4) is 0 Å². The first-order chi connectivity index (χ1) is 8.77. The molecule has 0 bridgehead atoms. The molecule has 0 aromatic carbocycles. The van der Waals surface area contributed by atoms with Crippen LogP contribution in [0.5, 0.6) is 0 Å². The third-order valence-corrected chi connectivity index (χ3v) is 4.84. The molecule has 4 rings (SSSR count). The molecule has 1 aromatic rings. The van der Waals surface area contributed by atoms with E-state index in [2.05, 4.69) is 16.4 Å². The Labute approximate surface area is 107 Å². The molecule has 3 nitrogen and oxygen atoms in total. The molecule has 1 spiro atoms. The predicted octanol–water partition coefficient (Wildman–Crippen LogP) is 1.99. The Morgan fingerprint density at radius 3 is 3.11 bits per heavy atom. The minimum absolute atomic E-state index is 0.257. The Balaban J connectivity index is 1.38. The minimum atomic E-state index is 0.257. The van der Waals surface area contributed by atoms with Crippen LogP contribution in [0.15, 0.2) is 12.3 Å². The van der Waals surface area contributed by atoms with Gasteiger partial charge in [-0.15, -0.1) is 0 Å². The number of fused-ring (bicyclic) bond motifs is 1. The van der Waals surface area contributed by atoms with E-state index in [1.165, 1.54) is 30.5 Å². The number of hydrogen-bond donors (Lipinski definition) is 1. The van der Waals surface area contributed by atoms with Crippen LogP contribution in [0.2, 0.25) is 0 Å². The molecule has 0 radical (unpaired) electrons. The molecule has 1 heterocycles. The largest absolute Gasteiger partial charge is 0.352 e.